The fraction of sp³-hybridized carbons (Fsp3) is 0.455. The molecule has 0 atom stereocenters. The Bertz CT molecular complexity index is 1280. The Kier molecular flexibility index (Phi) is 8.05. The molecule has 11 heteroatoms. The number of nitrogens with one attached hydrogen (secondary N) is 1. The molecule has 0 saturated heterocycles. The highest BCUT2D eigenvalue weighted by atomic mass is 32.2. The summed E-state index contributed by atoms with van der Waals surface area (Å²) in [6.45, 7) is 0.0974. The first-order chi connectivity index (χ1) is 15.7. The molecule has 1 fully saturated rings. The first-order valence-electron chi connectivity index (χ1n) is 10.4. The van der Waals surface area contributed by atoms with Gasteiger partial charge in [0.2, 0.25) is 5.91 Å². The van der Waals surface area contributed by atoms with Crippen molar-refractivity contribution in [1.82, 2.24) is 9.88 Å². The maximum Gasteiger partial charge on any atom is 0.337 e. The molecule has 1 saturated carbocycles. The topological polar surface area (TPSA) is 124 Å². The third kappa shape index (κ3) is 6.52. The van der Waals surface area contributed by atoms with E-state index in [1.165, 1.54) is 7.11 Å². The van der Waals surface area contributed by atoms with Gasteiger partial charge in [-0.3, -0.25) is 9.59 Å². The molecule has 0 radical (unpaired) electrons. The van der Waals surface area contributed by atoms with E-state index in [0.717, 1.165) is 43.4 Å². The van der Waals surface area contributed by atoms with Crippen molar-refractivity contribution < 1.29 is 27.5 Å². The van der Waals surface area contributed by atoms with Crippen LogP contribution in [0.1, 0.15) is 42.5 Å². The van der Waals surface area contributed by atoms with Crippen LogP contribution in [-0.4, -0.2) is 55.4 Å². The van der Waals surface area contributed by atoms with Gasteiger partial charge in [0, 0.05) is 6.04 Å². The molecule has 2 aromatic rings. The molecule has 176 valence electrons. The lowest BCUT2D eigenvalue weighted by Crippen LogP contribution is -2.40. The number of nitrogens with zero attached hydrogens (tertiary/aromatic N) is 2. The van der Waals surface area contributed by atoms with Crippen LogP contribution < -0.4 is 10.1 Å². The van der Waals surface area contributed by atoms with Crippen molar-refractivity contribution in [3.05, 3.63) is 28.6 Å². The number of fused-ring (bicyclic) bond motifs is 1. The smallest absolute Gasteiger partial charge is 0.337 e. The van der Waals surface area contributed by atoms with E-state index < -0.39 is 39.1 Å². The van der Waals surface area contributed by atoms with Crippen molar-refractivity contribution in [2.75, 3.05) is 18.6 Å². The highest BCUT2D eigenvalue weighted by molar-refractivity contribution is 7.92. The molecule has 0 bridgehead atoms. The average Bonchev–Trinajstić information content (AvgIpc) is 3.09. The van der Waals surface area contributed by atoms with Crippen LogP contribution in [0, 0.1) is 12.3 Å². The molecule has 1 aromatic heterocycles. The Morgan fingerprint density at radius 2 is 1.97 bits per heavy atom. The largest absolute Gasteiger partial charge is 0.465 e. The third-order valence-electron chi connectivity index (χ3n) is 5.24. The molecule has 1 aromatic carbocycles. The Balaban J connectivity index is 1.78. The number of sulfone groups is 1. The van der Waals surface area contributed by atoms with Gasteiger partial charge in [-0.05, 0) is 31.0 Å². The summed E-state index contributed by atoms with van der Waals surface area (Å²) in [5.41, 5.74) is 0.968. The molecular formula is C22H25N3O6S2. The van der Waals surface area contributed by atoms with E-state index in [4.69, 9.17) is 11.2 Å². The fourth-order valence-electron chi connectivity index (χ4n) is 3.74. The molecule has 9 nitrogen and oxygen atoms in total. The molecule has 3 rings (SSSR count). The van der Waals surface area contributed by atoms with Crippen molar-refractivity contribution in [1.29, 1.82) is 0 Å². The molecule has 2 amide bonds. The molecule has 33 heavy (non-hydrogen) atoms. The highest BCUT2D eigenvalue weighted by Gasteiger charge is 2.23. The number of hydrogen-bond donors (Lipinski definition) is 1. The number of benzene rings is 1. The second-order valence-electron chi connectivity index (χ2n) is 7.79. The number of ether oxygens (including phenoxy) is 1. The lowest BCUT2D eigenvalue weighted by molar-refractivity contribution is -0.119. The van der Waals surface area contributed by atoms with E-state index in [0.29, 0.717) is 15.8 Å². The summed E-state index contributed by atoms with van der Waals surface area (Å²) < 4.78 is 31.7. The molecule has 1 aliphatic rings. The number of rotatable bonds is 7. The van der Waals surface area contributed by atoms with Crippen molar-refractivity contribution in [2.24, 2.45) is 4.99 Å². The van der Waals surface area contributed by atoms with E-state index >= 15 is 0 Å². The minimum absolute atomic E-state index is 0.0158. The number of hydrogen-bond acceptors (Lipinski definition) is 7. The standard InChI is InChI=1S/C22H25N3O6S2/c1-3-11-25-17-10-9-15(21(28)31-2)12-18(17)32-22(25)24-20(27)14-33(29,30)13-19(26)23-16-7-5-4-6-8-16/h1,9-10,12,16H,4-8,11,13-14H2,2H3,(H,23,26). The van der Waals surface area contributed by atoms with Gasteiger partial charge in [-0.15, -0.1) is 6.42 Å². The van der Waals surface area contributed by atoms with Crippen molar-refractivity contribution in [2.45, 2.75) is 44.7 Å². The summed E-state index contributed by atoms with van der Waals surface area (Å²) in [4.78, 5) is 40.5. The molecule has 1 N–H and O–H groups in total. The predicted octanol–water partition coefficient (Wildman–Crippen LogP) is 1.41. The molecule has 1 aliphatic carbocycles. The van der Waals surface area contributed by atoms with Gasteiger partial charge in [0.15, 0.2) is 14.6 Å². The second kappa shape index (κ2) is 10.8. The highest BCUT2D eigenvalue weighted by Crippen LogP contribution is 2.20. The zero-order valence-electron chi connectivity index (χ0n) is 18.2. The van der Waals surface area contributed by atoms with E-state index in [-0.39, 0.29) is 17.4 Å². The Morgan fingerprint density at radius 1 is 1.24 bits per heavy atom. The van der Waals surface area contributed by atoms with Crippen molar-refractivity contribution >= 4 is 49.2 Å². The van der Waals surface area contributed by atoms with Gasteiger partial charge < -0.3 is 14.6 Å². The van der Waals surface area contributed by atoms with Crippen LogP contribution in [0.25, 0.3) is 10.2 Å². The maximum absolute atomic E-state index is 12.4. The summed E-state index contributed by atoms with van der Waals surface area (Å²) in [6.07, 6.45) is 10.2. The van der Waals surface area contributed by atoms with Crippen LogP contribution in [0.5, 0.6) is 0 Å². The van der Waals surface area contributed by atoms with Gasteiger partial charge in [-0.1, -0.05) is 36.5 Å². The summed E-state index contributed by atoms with van der Waals surface area (Å²) in [5, 5.41) is 2.74. The Hall–Kier alpha value is -2.97. The third-order valence-corrected chi connectivity index (χ3v) is 7.67. The quantitative estimate of drug-likeness (QED) is 0.461. The summed E-state index contributed by atoms with van der Waals surface area (Å²) in [5.74, 6) is -1.19. The monoisotopic (exact) mass is 491 g/mol. The summed E-state index contributed by atoms with van der Waals surface area (Å²) in [6, 6.07) is 4.80. The molecule has 0 aliphatic heterocycles. The van der Waals surface area contributed by atoms with E-state index in [9.17, 15) is 22.8 Å². The Labute approximate surface area is 195 Å². The summed E-state index contributed by atoms with van der Waals surface area (Å²) in [7, 11) is -2.72. The van der Waals surface area contributed by atoms with Gasteiger partial charge in [0.25, 0.3) is 5.91 Å². The fourth-order valence-corrected chi connectivity index (χ4v) is 5.85. The molecule has 0 unspecified atom stereocenters. The number of terminal acetylenes is 1. The van der Waals surface area contributed by atoms with Gasteiger partial charge >= 0.3 is 5.97 Å². The minimum atomic E-state index is -3.99. The first-order valence-corrected chi connectivity index (χ1v) is 13.1. The van der Waals surface area contributed by atoms with Gasteiger partial charge in [-0.2, -0.15) is 4.99 Å². The van der Waals surface area contributed by atoms with Crippen LogP contribution >= 0.6 is 11.3 Å². The number of aromatic nitrogens is 1. The van der Waals surface area contributed by atoms with Crippen molar-refractivity contribution in [3.63, 3.8) is 0 Å². The van der Waals surface area contributed by atoms with Crippen LogP contribution in [0.2, 0.25) is 0 Å². The zero-order chi connectivity index (χ0) is 24.0. The van der Waals surface area contributed by atoms with Crippen LogP contribution in [0.3, 0.4) is 0 Å². The van der Waals surface area contributed by atoms with E-state index in [2.05, 4.69) is 16.2 Å². The normalized spacial score (nSPS) is 15.2. The van der Waals surface area contributed by atoms with Gasteiger partial charge in [0.1, 0.15) is 11.5 Å². The molecular weight excluding hydrogens is 466 g/mol. The predicted molar refractivity (Wildman–Crippen MR) is 124 cm³/mol. The SMILES string of the molecule is C#CCn1c(=NC(=O)CS(=O)(=O)CC(=O)NC2CCCCC2)sc2cc(C(=O)OC)ccc21. The number of methoxy groups -OCH3 is 1. The first kappa shape index (κ1) is 24.7. The number of carbonyl (C=O) groups excluding carboxylic acids is 3. The van der Waals surface area contributed by atoms with E-state index in [1.54, 1.807) is 22.8 Å². The number of amides is 2. The van der Waals surface area contributed by atoms with E-state index in [1.807, 2.05) is 0 Å². The van der Waals surface area contributed by atoms with Crippen LogP contribution in [-0.2, 0) is 30.7 Å². The number of carbonyl (C=O) groups is 3. The maximum atomic E-state index is 12.4. The minimum Gasteiger partial charge on any atom is -0.465 e. The van der Waals surface area contributed by atoms with Crippen LogP contribution in [0.4, 0.5) is 0 Å². The lowest BCUT2D eigenvalue weighted by atomic mass is 9.95. The molecule has 1 heterocycles. The Morgan fingerprint density at radius 3 is 2.64 bits per heavy atom. The van der Waals surface area contributed by atoms with Crippen LogP contribution in [0.15, 0.2) is 23.2 Å². The zero-order valence-corrected chi connectivity index (χ0v) is 19.8. The number of esters is 1. The van der Waals surface area contributed by atoms with Crippen molar-refractivity contribution in [3.8, 4) is 12.3 Å². The lowest BCUT2D eigenvalue weighted by Gasteiger charge is -2.22. The molecule has 0 spiro atoms. The summed E-state index contributed by atoms with van der Waals surface area (Å²) >= 11 is 1.10. The van der Waals surface area contributed by atoms with Gasteiger partial charge in [-0.25, -0.2) is 13.2 Å². The second-order valence-corrected chi connectivity index (χ2v) is 10.9. The average molecular weight is 492 g/mol. The number of thiazole rings is 1. The van der Waals surface area contributed by atoms with Gasteiger partial charge in [0.05, 0.1) is 29.4 Å².